The molecular formula is C13H15ClN2S2. The van der Waals surface area contributed by atoms with E-state index in [1.807, 2.05) is 23.9 Å². The van der Waals surface area contributed by atoms with Gasteiger partial charge in [-0.2, -0.15) is 11.8 Å². The lowest BCUT2D eigenvalue weighted by molar-refractivity contribution is 0.527. The van der Waals surface area contributed by atoms with Gasteiger partial charge in [0.2, 0.25) is 0 Å². The molecule has 0 amide bonds. The first-order valence-electron chi connectivity index (χ1n) is 6.11. The highest BCUT2D eigenvalue weighted by Gasteiger charge is 2.26. The Kier molecular flexibility index (Phi) is 3.43. The van der Waals surface area contributed by atoms with Gasteiger partial charge in [-0.1, -0.05) is 11.6 Å². The zero-order valence-corrected chi connectivity index (χ0v) is 12.5. The SMILES string of the molecule is CSC1CCC(n2c(=S)[nH]c3cc(Cl)ccc32)C1. The summed E-state index contributed by atoms with van der Waals surface area (Å²) in [6, 6.07) is 6.48. The van der Waals surface area contributed by atoms with Crippen LogP contribution in [0.2, 0.25) is 5.02 Å². The van der Waals surface area contributed by atoms with Gasteiger partial charge in [-0.15, -0.1) is 0 Å². The maximum Gasteiger partial charge on any atom is 0.178 e. The van der Waals surface area contributed by atoms with E-state index >= 15 is 0 Å². The van der Waals surface area contributed by atoms with Crippen molar-refractivity contribution in [3.05, 3.63) is 28.0 Å². The van der Waals surface area contributed by atoms with Crippen molar-refractivity contribution in [1.82, 2.24) is 9.55 Å². The number of fused-ring (bicyclic) bond motifs is 1. The predicted octanol–water partition coefficient (Wildman–Crippen LogP) is 4.81. The molecule has 1 aliphatic rings. The van der Waals surface area contributed by atoms with Crippen LogP contribution in [-0.2, 0) is 0 Å². The molecule has 2 unspecified atom stereocenters. The summed E-state index contributed by atoms with van der Waals surface area (Å²) in [5.74, 6) is 0. The van der Waals surface area contributed by atoms with Crippen molar-refractivity contribution < 1.29 is 0 Å². The van der Waals surface area contributed by atoms with E-state index in [-0.39, 0.29) is 0 Å². The molecule has 2 aromatic rings. The largest absolute Gasteiger partial charge is 0.331 e. The summed E-state index contributed by atoms with van der Waals surface area (Å²) in [5.41, 5.74) is 2.22. The smallest absolute Gasteiger partial charge is 0.178 e. The average molecular weight is 299 g/mol. The van der Waals surface area contributed by atoms with Crippen LogP contribution in [0.3, 0.4) is 0 Å². The third-order valence-electron chi connectivity index (χ3n) is 3.73. The van der Waals surface area contributed by atoms with Gasteiger partial charge in [-0.05, 0) is 55.9 Å². The monoisotopic (exact) mass is 298 g/mol. The lowest BCUT2D eigenvalue weighted by atomic mass is 10.2. The summed E-state index contributed by atoms with van der Waals surface area (Å²) < 4.78 is 3.09. The fraction of sp³-hybridized carbons (Fsp3) is 0.462. The molecule has 1 heterocycles. The van der Waals surface area contributed by atoms with Crippen LogP contribution in [0.4, 0.5) is 0 Å². The maximum atomic E-state index is 6.02. The Morgan fingerprint density at radius 2 is 2.28 bits per heavy atom. The van der Waals surface area contributed by atoms with E-state index in [1.165, 1.54) is 24.8 Å². The van der Waals surface area contributed by atoms with E-state index in [1.54, 1.807) is 0 Å². The van der Waals surface area contributed by atoms with Crippen LogP contribution < -0.4 is 0 Å². The molecule has 0 saturated heterocycles. The topological polar surface area (TPSA) is 20.7 Å². The summed E-state index contributed by atoms with van der Waals surface area (Å²) in [4.78, 5) is 3.26. The molecule has 1 fully saturated rings. The lowest BCUT2D eigenvalue weighted by Crippen LogP contribution is -2.06. The Labute approximate surface area is 121 Å². The highest BCUT2D eigenvalue weighted by Crippen LogP contribution is 2.38. The van der Waals surface area contributed by atoms with Gasteiger partial charge >= 0.3 is 0 Å². The second-order valence-corrected chi connectivity index (χ2v) is 6.75. The summed E-state index contributed by atoms with van der Waals surface area (Å²) >= 11 is 13.5. The van der Waals surface area contributed by atoms with Gasteiger partial charge in [0.15, 0.2) is 4.77 Å². The molecule has 1 aromatic heterocycles. The molecule has 0 aliphatic heterocycles. The zero-order chi connectivity index (χ0) is 12.7. The molecule has 1 aliphatic carbocycles. The predicted molar refractivity (Wildman–Crippen MR) is 82.3 cm³/mol. The Hall–Kier alpha value is -0.450. The molecule has 1 saturated carbocycles. The number of nitrogens with zero attached hydrogens (tertiary/aromatic N) is 1. The molecule has 0 radical (unpaired) electrons. The van der Waals surface area contributed by atoms with Gasteiger partial charge < -0.3 is 9.55 Å². The summed E-state index contributed by atoms with van der Waals surface area (Å²) in [6.07, 6.45) is 5.91. The van der Waals surface area contributed by atoms with Crippen molar-refractivity contribution in [2.75, 3.05) is 6.26 Å². The molecule has 1 N–H and O–H groups in total. The van der Waals surface area contributed by atoms with Crippen LogP contribution in [0.1, 0.15) is 25.3 Å². The summed E-state index contributed by atoms with van der Waals surface area (Å²) in [5, 5.41) is 1.52. The van der Waals surface area contributed by atoms with E-state index in [0.717, 1.165) is 20.6 Å². The van der Waals surface area contributed by atoms with Gasteiger partial charge in [-0.25, -0.2) is 0 Å². The van der Waals surface area contributed by atoms with E-state index < -0.39 is 0 Å². The van der Waals surface area contributed by atoms with Gasteiger partial charge in [0, 0.05) is 16.3 Å². The van der Waals surface area contributed by atoms with E-state index in [0.29, 0.717) is 6.04 Å². The molecule has 1 aromatic carbocycles. The molecule has 5 heteroatoms. The average Bonchev–Trinajstić information content (AvgIpc) is 2.91. The number of rotatable bonds is 2. The Bertz CT molecular complexity index is 631. The van der Waals surface area contributed by atoms with Gasteiger partial charge in [0.1, 0.15) is 0 Å². The van der Waals surface area contributed by atoms with Crippen molar-refractivity contribution in [2.24, 2.45) is 0 Å². The van der Waals surface area contributed by atoms with Crippen molar-refractivity contribution in [3.63, 3.8) is 0 Å². The molecular weight excluding hydrogens is 284 g/mol. The van der Waals surface area contributed by atoms with E-state index in [4.69, 9.17) is 23.8 Å². The maximum absolute atomic E-state index is 6.02. The Balaban J connectivity index is 2.07. The van der Waals surface area contributed by atoms with Gasteiger partial charge in [0.05, 0.1) is 11.0 Å². The summed E-state index contributed by atoms with van der Waals surface area (Å²) in [7, 11) is 0. The zero-order valence-electron chi connectivity index (χ0n) is 10.1. The molecule has 18 heavy (non-hydrogen) atoms. The molecule has 96 valence electrons. The van der Waals surface area contributed by atoms with E-state index in [9.17, 15) is 0 Å². The molecule has 3 rings (SSSR count). The first kappa shape index (κ1) is 12.6. The second kappa shape index (κ2) is 4.91. The van der Waals surface area contributed by atoms with Gasteiger partial charge in [-0.3, -0.25) is 0 Å². The number of halogens is 1. The Morgan fingerprint density at radius 1 is 1.44 bits per heavy atom. The molecule has 0 spiro atoms. The Morgan fingerprint density at radius 3 is 3.00 bits per heavy atom. The minimum absolute atomic E-state index is 0.532. The summed E-state index contributed by atoms with van der Waals surface area (Å²) in [6.45, 7) is 0. The standard InChI is InChI=1S/C13H15ClN2S2/c1-18-10-4-3-9(7-10)16-12-5-2-8(14)6-11(12)15-13(16)17/h2,5-6,9-10H,3-4,7H2,1H3,(H,15,17). The van der Waals surface area contributed by atoms with E-state index in [2.05, 4.69) is 21.9 Å². The highest BCUT2D eigenvalue weighted by molar-refractivity contribution is 7.99. The van der Waals surface area contributed by atoms with Crippen molar-refractivity contribution in [2.45, 2.75) is 30.6 Å². The first-order chi connectivity index (χ1) is 8.69. The minimum atomic E-state index is 0.532. The minimum Gasteiger partial charge on any atom is -0.331 e. The highest BCUT2D eigenvalue weighted by atomic mass is 35.5. The molecule has 2 nitrogen and oxygen atoms in total. The van der Waals surface area contributed by atoms with Gasteiger partial charge in [0.25, 0.3) is 0 Å². The molecule has 2 atom stereocenters. The van der Waals surface area contributed by atoms with Crippen molar-refractivity contribution in [1.29, 1.82) is 0 Å². The molecule has 0 bridgehead atoms. The van der Waals surface area contributed by atoms with Crippen LogP contribution in [0.25, 0.3) is 11.0 Å². The number of hydrogen-bond acceptors (Lipinski definition) is 2. The van der Waals surface area contributed by atoms with Crippen LogP contribution in [-0.4, -0.2) is 21.1 Å². The number of H-pyrrole nitrogens is 1. The van der Waals surface area contributed by atoms with Crippen LogP contribution in [0, 0.1) is 4.77 Å². The number of aromatic nitrogens is 2. The second-order valence-electron chi connectivity index (χ2n) is 4.79. The van der Waals surface area contributed by atoms with Crippen LogP contribution in [0.5, 0.6) is 0 Å². The van der Waals surface area contributed by atoms with Crippen molar-refractivity contribution >= 4 is 46.6 Å². The van der Waals surface area contributed by atoms with Crippen LogP contribution in [0.15, 0.2) is 18.2 Å². The first-order valence-corrected chi connectivity index (χ1v) is 8.19. The quantitative estimate of drug-likeness (QED) is 0.803. The number of hydrogen-bond donors (Lipinski definition) is 1. The number of imidazole rings is 1. The normalized spacial score (nSPS) is 23.9. The van der Waals surface area contributed by atoms with Crippen molar-refractivity contribution in [3.8, 4) is 0 Å². The number of nitrogens with one attached hydrogen (secondary N) is 1. The number of aromatic amines is 1. The third-order valence-corrected chi connectivity index (χ3v) is 5.36. The fourth-order valence-electron chi connectivity index (χ4n) is 2.83. The lowest BCUT2D eigenvalue weighted by Gasteiger charge is -2.13. The fourth-order valence-corrected chi connectivity index (χ4v) is 4.15. The third kappa shape index (κ3) is 2.10. The van der Waals surface area contributed by atoms with Crippen LogP contribution >= 0.6 is 35.6 Å². The number of benzene rings is 1. The number of thioether (sulfide) groups is 1.